The van der Waals surface area contributed by atoms with E-state index in [0.717, 1.165) is 4.90 Å². The fraction of sp³-hybridized carbons (Fsp3) is 0.0909. The first-order valence-corrected chi connectivity index (χ1v) is 8.86. The van der Waals surface area contributed by atoms with Gasteiger partial charge in [0.15, 0.2) is 0 Å². The number of rotatable bonds is 4. The summed E-state index contributed by atoms with van der Waals surface area (Å²) in [5, 5.41) is 2.20. The molecule has 152 valence electrons. The van der Waals surface area contributed by atoms with Gasteiger partial charge < -0.3 is 4.79 Å². The molecule has 8 heteroatoms. The van der Waals surface area contributed by atoms with Gasteiger partial charge in [-0.2, -0.15) is 0 Å². The van der Waals surface area contributed by atoms with Crippen molar-refractivity contribution in [2.45, 2.75) is 6.42 Å². The lowest BCUT2D eigenvalue weighted by Crippen LogP contribution is -2.30. The molecule has 0 radical (unpaired) electrons. The molecule has 2 heterocycles. The van der Waals surface area contributed by atoms with Crippen LogP contribution in [0.3, 0.4) is 0 Å². The van der Waals surface area contributed by atoms with Gasteiger partial charge in [-0.05, 0) is 30.3 Å². The van der Waals surface area contributed by atoms with Crippen LogP contribution >= 0.6 is 0 Å². The van der Waals surface area contributed by atoms with Gasteiger partial charge in [0.05, 0.1) is 22.3 Å². The minimum Gasteiger partial charge on any atom is -0.303 e. The van der Waals surface area contributed by atoms with Crippen LogP contribution in [0.2, 0.25) is 0 Å². The average Bonchev–Trinajstić information content (AvgIpc) is 3.20. The molecule has 2 aromatic carbocycles. The van der Waals surface area contributed by atoms with Crippen molar-refractivity contribution in [3.63, 3.8) is 0 Å². The molecular weight excluding hydrogens is 388 g/mol. The Morgan fingerprint density at radius 1 is 0.767 bits per heavy atom. The number of nitrogens with one attached hydrogen (secondary N) is 1. The van der Waals surface area contributed by atoms with E-state index >= 15 is 0 Å². The van der Waals surface area contributed by atoms with E-state index in [1.54, 1.807) is 48.5 Å². The first-order chi connectivity index (χ1) is 14.5. The third kappa shape index (κ3) is 4.79. The fourth-order valence-electron chi connectivity index (χ4n) is 2.74. The molecule has 30 heavy (non-hydrogen) atoms. The van der Waals surface area contributed by atoms with Gasteiger partial charge >= 0.3 is 0 Å². The second-order valence-electron chi connectivity index (χ2n) is 5.96. The molecule has 0 atom stereocenters. The first kappa shape index (κ1) is 22.1. The number of imide groups is 2. The van der Waals surface area contributed by atoms with Crippen molar-refractivity contribution < 1.29 is 28.8 Å². The predicted octanol–water partition coefficient (Wildman–Crippen LogP) is 1.81. The Morgan fingerprint density at radius 2 is 1.17 bits per heavy atom. The number of allylic oxidation sites excluding steroid dienone is 1. The number of benzene rings is 2. The van der Waals surface area contributed by atoms with Crippen LogP contribution in [0.25, 0.3) is 0 Å². The van der Waals surface area contributed by atoms with E-state index in [1.165, 1.54) is 6.08 Å². The van der Waals surface area contributed by atoms with E-state index in [4.69, 9.17) is 4.79 Å². The standard InChI is InChI=1S/C11H9NO3.C8H5NO2.C3H4O/c13-7-3-6-12-10(14)8-4-1-2-5-9(8)11(12)15;10-7-5-3-1-2-4-6(5)8(11)9-7;1-2-3-4/h1-2,4-5,7H,3,6H2;1-4H,(H,9,10,11);2-3H,1H2. The van der Waals surface area contributed by atoms with Crippen molar-refractivity contribution in [1.82, 2.24) is 10.2 Å². The molecule has 0 saturated heterocycles. The van der Waals surface area contributed by atoms with E-state index in [-0.39, 0.29) is 36.6 Å². The molecule has 0 spiro atoms. The lowest BCUT2D eigenvalue weighted by molar-refractivity contribution is -0.108. The Bertz CT molecular complexity index is 954. The Morgan fingerprint density at radius 3 is 1.53 bits per heavy atom. The number of carbonyl (C=O) groups excluding carboxylic acids is 6. The quantitative estimate of drug-likeness (QED) is 0.470. The Balaban J connectivity index is 0.000000187. The van der Waals surface area contributed by atoms with Gasteiger partial charge in [-0.25, -0.2) is 0 Å². The van der Waals surface area contributed by atoms with E-state index in [2.05, 4.69) is 11.9 Å². The molecule has 0 aromatic heterocycles. The van der Waals surface area contributed by atoms with Crippen molar-refractivity contribution in [2.24, 2.45) is 0 Å². The van der Waals surface area contributed by atoms with Crippen LogP contribution in [-0.2, 0) is 9.59 Å². The van der Waals surface area contributed by atoms with Crippen molar-refractivity contribution >= 4 is 36.2 Å². The fourth-order valence-corrected chi connectivity index (χ4v) is 2.74. The summed E-state index contributed by atoms with van der Waals surface area (Å²) in [6.45, 7) is 3.27. The van der Waals surface area contributed by atoms with Gasteiger partial charge in [0, 0.05) is 13.0 Å². The lowest BCUT2D eigenvalue weighted by Gasteiger charge is -2.10. The van der Waals surface area contributed by atoms with E-state index < -0.39 is 0 Å². The number of aldehydes is 2. The zero-order chi connectivity index (χ0) is 22.1. The Kier molecular flexibility index (Phi) is 7.64. The second kappa shape index (κ2) is 10.4. The molecule has 1 N–H and O–H groups in total. The third-order valence-corrected chi connectivity index (χ3v) is 4.09. The molecule has 4 rings (SSSR count). The number of amides is 4. The predicted molar refractivity (Wildman–Crippen MR) is 107 cm³/mol. The largest absolute Gasteiger partial charge is 0.303 e. The van der Waals surface area contributed by atoms with Crippen molar-refractivity contribution in [1.29, 1.82) is 0 Å². The monoisotopic (exact) mass is 406 g/mol. The van der Waals surface area contributed by atoms with Gasteiger partial charge in [0.25, 0.3) is 23.6 Å². The summed E-state index contributed by atoms with van der Waals surface area (Å²) in [5.74, 6) is -1.22. The van der Waals surface area contributed by atoms with Gasteiger partial charge in [0.2, 0.25) is 0 Å². The van der Waals surface area contributed by atoms with Crippen molar-refractivity contribution in [3.8, 4) is 0 Å². The molecule has 0 fully saturated rings. The first-order valence-electron chi connectivity index (χ1n) is 8.86. The number of fused-ring (bicyclic) bond motifs is 2. The minimum atomic E-state index is -0.308. The number of hydrogen-bond donors (Lipinski definition) is 1. The zero-order valence-corrected chi connectivity index (χ0v) is 15.9. The second-order valence-corrected chi connectivity index (χ2v) is 5.96. The van der Waals surface area contributed by atoms with Gasteiger partial charge in [0.1, 0.15) is 12.6 Å². The summed E-state index contributed by atoms with van der Waals surface area (Å²) >= 11 is 0. The minimum absolute atomic E-state index is 0.163. The van der Waals surface area contributed by atoms with Crippen LogP contribution in [-0.4, -0.2) is 47.6 Å². The Labute approximate surface area is 172 Å². The van der Waals surface area contributed by atoms with Crippen molar-refractivity contribution in [3.05, 3.63) is 83.4 Å². The maximum Gasteiger partial charge on any atom is 0.261 e. The highest BCUT2D eigenvalue weighted by molar-refractivity contribution is 6.22. The van der Waals surface area contributed by atoms with Crippen molar-refractivity contribution in [2.75, 3.05) is 6.54 Å². The Hall–Kier alpha value is -4.20. The maximum absolute atomic E-state index is 11.7. The summed E-state index contributed by atoms with van der Waals surface area (Å²) < 4.78 is 0. The summed E-state index contributed by atoms with van der Waals surface area (Å²) in [7, 11) is 0. The molecule has 0 aliphatic carbocycles. The molecule has 2 aromatic rings. The van der Waals surface area contributed by atoms with Crippen LogP contribution in [0, 0.1) is 0 Å². The number of hydrogen-bond acceptors (Lipinski definition) is 6. The van der Waals surface area contributed by atoms with Crippen LogP contribution in [0.15, 0.2) is 61.2 Å². The molecular formula is C22H18N2O6. The zero-order valence-electron chi connectivity index (χ0n) is 15.9. The molecule has 0 bridgehead atoms. The van der Waals surface area contributed by atoms with Crippen LogP contribution in [0.4, 0.5) is 0 Å². The highest BCUT2D eigenvalue weighted by atomic mass is 16.2. The molecule has 0 unspecified atom stereocenters. The third-order valence-electron chi connectivity index (χ3n) is 4.09. The molecule has 8 nitrogen and oxygen atoms in total. The van der Waals surface area contributed by atoms with E-state index in [0.29, 0.717) is 34.8 Å². The summed E-state index contributed by atoms with van der Waals surface area (Å²) in [5.41, 5.74) is 1.79. The topological polar surface area (TPSA) is 118 Å². The van der Waals surface area contributed by atoms with Gasteiger partial charge in [-0.3, -0.25) is 34.2 Å². The van der Waals surface area contributed by atoms with Crippen LogP contribution in [0.5, 0.6) is 0 Å². The van der Waals surface area contributed by atoms with E-state index in [1.807, 2.05) is 0 Å². The molecule has 2 aliphatic rings. The number of nitrogens with zero attached hydrogens (tertiary/aromatic N) is 1. The van der Waals surface area contributed by atoms with Crippen LogP contribution in [0.1, 0.15) is 47.9 Å². The molecule has 2 aliphatic heterocycles. The maximum atomic E-state index is 11.7. The summed E-state index contributed by atoms with van der Waals surface area (Å²) in [6, 6.07) is 13.4. The lowest BCUT2D eigenvalue weighted by atomic mass is 10.1. The highest BCUT2D eigenvalue weighted by Crippen LogP contribution is 2.22. The SMILES string of the molecule is C=CC=O.O=C1NC(=O)c2ccccc21.O=CCCN1C(=O)c2ccccc2C1=O. The molecule has 0 saturated carbocycles. The van der Waals surface area contributed by atoms with E-state index in [9.17, 15) is 24.0 Å². The molecule has 4 amide bonds. The smallest absolute Gasteiger partial charge is 0.261 e. The number of carbonyl (C=O) groups is 6. The highest BCUT2D eigenvalue weighted by Gasteiger charge is 2.34. The van der Waals surface area contributed by atoms with Gasteiger partial charge in [-0.15, -0.1) is 0 Å². The average molecular weight is 406 g/mol. The van der Waals surface area contributed by atoms with Crippen LogP contribution < -0.4 is 5.32 Å². The summed E-state index contributed by atoms with van der Waals surface area (Å²) in [4.78, 5) is 65.7. The normalized spacial score (nSPS) is 13.1. The van der Waals surface area contributed by atoms with Gasteiger partial charge in [-0.1, -0.05) is 30.8 Å². The summed E-state index contributed by atoms with van der Waals surface area (Å²) in [6.07, 6.45) is 2.72.